The predicted octanol–water partition coefficient (Wildman–Crippen LogP) is 5.26. The van der Waals surface area contributed by atoms with E-state index in [1.54, 1.807) is 20.2 Å². The highest BCUT2D eigenvalue weighted by Gasteiger charge is 2.43. The van der Waals surface area contributed by atoms with E-state index in [4.69, 9.17) is 4.74 Å². The van der Waals surface area contributed by atoms with E-state index in [1.807, 2.05) is 12.1 Å². The molecule has 208 valence electrons. The molecule has 0 aromatic heterocycles. The predicted molar refractivity (Wildman–Crippen MR) is 159 cm³/mol. The summed E-state index contributed by atoms with van der Waals surface area (Å²) in [5.74, 6) is 1.59. The van der Waals surface area contributed by atoms with Gasteiger partial charge in [0.2, 0.25) is 10.0 Å². The van der Waals surface area contributed by atoms with Gasteiger partial charge in [0.1, 0.15) is 5.75 Å². The van der Waals surface area contributed by atoms with Crippen LogP contribution in [0.25, 0.3) is 0 Å². The zero-order valence-corrected chi connectivity index (χ0v) is 24.1. The minimum absolute atomic E-state index is 0.246. The normalized spacial score (nSPS) is 23.3. The van der Waals surface area contributed by atoms with Gasteiger partial charge in [0, 0.05) is 37.2 Å². The molecule has 1 N–H and O–H groups in total. The smallest absolute Gasteiger partial charge is 0.231 e. The third-order valence-electron chi connectivity index (χ3n) is 8.67. The lowest BCUT2D eigenvalue weighted by molar-refractivity contribution is 0.0397. The van der Waals surface area contributed by atoms with Gasteiger partial charge in [-0.15, -0.1) is 0 Å². The third-order valence-corrected chi connectivity index (χ3v) is 9.87. The minimum Gasteiger partial charge on any atom is -0.496 e. The van der Waals surface area contributed by atoms with Gasteiger partial charge in [-0.05, 0) is 67.6 Å². The number of hydrogen-bond donors (Lipinski definition) is 1. The van der Waals surface area contributed by atoms with Crippen molar-refractivity contribution >= 4 is 15.7 Å². The fraction of sp³-hybridized carbons (Fsp3) is 0.438. The van der Waals surface area contributed by atoms with Gasteiger partial charge in [0.15, 0.2) is 0 Å². The molecule has 0 spiro atoms. The maximum atomic E-state index is 12.2. The summed E-state index contributed by atoms with van der Waals surface area (Å²) in [4.78, 5) is 2.73. The highest BCUT2D eigenvalue weighted by molar-refractivity contribution is 7.92. The minimum atomic E-state index is -3.36. The van der Waals surface area contributed by atoms with E-state index in [-0.39, 0.29) is 12.0 Å². The SMILES string of the molecule is COc1ccc(N(C)S(C)(=O)=O)cc1CNC1C2CCCCN(CC2)C1C(c1ccccc1)c1ccccc1. The molecular weight excluding hydrogens is 506 g/mol. The van der Waals surface area contributed by atoms with Gasteiger partial charge in [0.25, 0.3) is 0 Å². The Kier molecular flexibility index (Phi) is 8.60. The quantitative estimate of drug-likeness (QED) is 0.396. The molecule has 39 heavy (non-hydrogen) atoms. The van der Waals surface area contributed by atoms with Crippen molar-refractivity contribution in [3.8, 4) is 5.75 Å². The Hall–Kier alpha value is -2.87. The second-order valence-corrected chi connectivity index (χ2v) is 13.0. The zero-order chi connectivity index (χ0) is 27.4. The van der Waals surface area contributed by atoms with E-state index in [0.29, 0.717) is 24.2 Å². The van der Waals surface area contributed by atoms with Gasteiger partial charge >= 0.3 is 0 Å². The van der Waals surface area contributed by atoms with Gasteiger partial charge in [-0.3, -0.25) is 9.21 Å². The molecule has 0 aliphatic carbocycles. The van der Waals surface area contributed by atoms with Crippen LogP contribution < -0.4 is 14.4 Å². The van der Waals surface area contributed by atoms with Crippen molar-refractivity contribution in [2.75, 3.05) is 37.8 Å². The maximum Gasteiger partial charge on any atom is 0.231 e. The molecule has 4 atom stereocenters. The van der Waals surface area contributed by atoms with Crippen LogP contribution in [0.2, 0.25) is 0 Å². The molecule has 2 fully saturated rings. The van der Waals surface area contributed by atoms with Gasteiger partial charge in [-0.25, -0.2) is 8.42 Å². The molecular formula is C32H41N3O3S. The number of benzene rings is 3. The molecule has 4 unspecified atom stereocenters. The van der Waals surface area contributed by atoms with Crippen molar-refractivity contribution < 1.29 is 13.2 Å². The Morgan fingerprint density at radius 2 is 1.62 bits per heavy atom. The van der Waals surface area contributed by atoms with Gasteiger partial charge in [0.05, 0.1) is 19.1 Å². The number of rotatable bonds is 9. The molecule has 2 heterocycles. The average molecular weight is 548 g/mol. The second-order valence-electron chi connectivity index (χ2n) is 11.0. The first-order valence-electron chi connectivity index (χ1n) is 14.0. The molecule has 0 amide bonds. The van der Waals surface area contributed by atoms with Crippen molar-refractivity contribution in [1.82, 2.24) is 10.2 Å². The first-order valence-corrected chi connectivity index (χ1v) is 15.9. The van der Waals surface area contributed by atoms with Crippen LogP contribution in [-0.4, -0.2) is 58.9 Å². The number of nitrogens with one attached hydrogen (secondary N) is 1. The molecule has 2 saturated heterocycles. The number of anilines is 1. The molecule has 2 bridgehead atoms. The number of ether oxygens (including phenoxy) is 1. The van der Waals surface area contributed by atoms with Crippen LogP contribution in [0.15, 0.2) is 78.9 Å². The van der Waals surface area contributed by atoms with E-state index >= 15 is 0 Å². The lowest BCUT2D eigenvalue weighted by Crippen LogP contribution is -2.61. The summed E-state index contributed by atoms with van der Waals surface area (Å²) >= 11 is 0. The maximum absolute atomic E-state index is 12.2. The Morgan fingerprint density at radius 1 is 0.949 bits per heavy atom. The van der Waals surface area contributed by atoms with Crippen molar-refractivity contribution in [2.45, 2.75) is 50.2 Å². The number of methoxy groups -OCH3 is 1. The molecule has 6 nitrogen and oxygen atoms in total. The molecule has 2 aliphatic heterocycles. The highest BCUT2D eigenvalue weighted by atomic mass is 32.2. The monoisotopic (exact) mass is 547 g/mol. The molecule has 3 aromatic rings. The van der Waals surface area contributed by atoms with Gasteiger partial charge in [-0.2, -0.15) is 0 Å². The summed E-state index contributed by atoms with van der Waals surface area (Å²) < 4.78 is 31.5. The summed E-state index contributed by atoms with van der Waals surface area (Å²) in [6, 6.07) is 28.1. The highest BCUT2D eigenvalue weighted by Crippen LogP contribution is 2.41. The van der Waals surface area contributed by atoms with E-state index in [1.165, 1.54) is 47.4 Å². The average Bonchev–Trinajstić information content (AvgIpc) is 2.93. The number of fused-ring (bicyclic) bond motifs is 3. The molecule has 5 rings (SSSR count). The van der Waals surface area contributed by atoms with E-state index in [0.717, 1.165) is 24.4 Å². The van der Waals surface area contributed by atoms with Crippen LogP contribution in [0.1, 0.15) is 48.3 Å². The summed E-state index contributed by atoms with van der Waals surface area (Å²) in [5.41, 5.74) is 4.30. The second kappa shape index (κ2) is 12.1. The molecule has 0 saturated carbocycles. The van der Waals surface area contributed by atoms with Crippen molar-refractivity contribution in [1.29, 1.82) is 0 Å². The Bertz CT molecular complexity index is 1290. The van der Waals surface area contributed by atoms with Crippen LogP contribution >= 0.6 is 0 Å². The summed E-state index contributed by atoms with van der Waals surface area (Å²) in [5, 5.41) is 4.00. The van der Waals surface area contributed by atoms with E-state index < -0.39 is 10.0 Å². The molecule has 7 heteroatoms. The molecule has 0 radical (unpaired) electrons. The van der Waals surface area contributed by atoms with E-state index in [9.17, 15) is 8.42 Å². The van der Waals surface area contributed by atoms with Crippen molar-refractivity contribution in [2.24, 2.45) is 5.92 Å². The van der Waals surface area contributed by atoms with Crippen molar-refractivity contribution in [3.63, 3.8) is 0 Å². The van der Waals surface area contributed by atoms with Crippen LogP contribution in [0.4, 0.5) is 5.69 Å². The van der Waals surface area contributed by atoms with Crippen LogP contribution in [0.5, 0.6) is 5.75 Å². The van der Waals surface area contributed by atoms with Crippen molar-refractivity contribution in [3.05, 3.63) is 95.6 Å². The summed E-state index contributed by atoms with van der Waals surface area (Å²) in [6.07, 6.45) is 6.15. The molecule has 3 aromatic carbocycles. The molecule has 2 aliphatic rings. The van der Waals surface area contributed by atoms with Crippen LogP contribution in [0, 0.1) is 5.92 Å². The van der Waals surface area contributed by atoms with Crippen LogP contribution in [-0.2, 0) is 16.6 Å². The topological polar surface area (TPSA) is 61.9 Å². The van der Waals surface area contributed by atoms with Gasteiger partial charge in [-0.1, -0.05) is 67.1 Å². The lowest BCUT2D eigenvalue weighted by Gasteiger charge is -2.51. The Balaban J connectivity index is 1.52. The number of sulfonamides is 1. The third kappa shape index (κ3) is 6.16. The lowest BCUT2D eigenvalue weighted by atomic mass is 9.72. The van der Waals surface area contributed by atoms with Crippen LogP contribution in [0.3, 0.4) is 0 Å². The Labute approximate surface area is 234 Å². The number of hydrogen-bond acceptors (Lipinski definition) is 5. The largest absolute Gasteiger partial charge is 0.496 e. The fourth-order valence-corrected chi connectivity index (χ4v) is 7.10. The fourth-order valence-electron chi connectivity index (χ4n) is 6.60. The van der Waals surface area contributed by atoms with Gasteiger partial charge < -0.3 is 10.1 Å². The van der Waals surface area contributed by atoms with E-state index in [2.05, 4.69) is 70.9 Å². The first-order chi connectivity index (χ1) is 18.9. The number of nitrogens with zero attached hydrogens (tertiary/aromatic N) is 2. The summed E-state index contributed by atoms with van der Waals surface area (Å²) in [7, 11) is -0.0938. The standard InChI is InChI=1S/C32H41N3O3S/c1-34(39(3,36)37)28-17-18-29(38-2)27(22-28)23-33-31-26-16-10-11-20-35(21-19-26)32(31)30(24-12-6-4-7-13-24)25-14-8-5-9-15-25/h4-9,12-15,17-18,22,26,30-33H,10-11,16,19-21,23H2,1-3H3. The number of piperidine rings is 1. The first kappa shape index (κ1) is 27.7. The zero-order valence-electron chi connectivity index (χ0n) is 23.3. The summed E-state index contributed by atoms with van der Waals surface area (Å²) in [6.45, 7) is 2.85. The Morgan fingerprint density at radius 3 is 2.23 bits per heavy atom.